The average molecular weight is 310 g/mol. The Bertz CT molecular complexity index is 467. The molecule has 1 aliphatic rings. The lowest BCUT2D eigenvalue weighted by atomic mass is 9.94. The minimum absolute atomic E-state index is 0.0356. The molecule has 0 aromatic carbocycles. The molecular weight excluding hydrogens is 288 g/mol. The third kappa shape index (κ3) is 5.04. The number of carboxylic acid groups (broad SMARTS) is 1. The second-order valence-electron chi connectivity index (χ2n) is 5.71. The maximum absolute atomic E-state index is 12.2. The number of likely N-dealkylation sites (tertiary alicyclic amines) is 1. The first-order valence-electron chi connectivity index (χ1n) is 7.33. The van der Waals surface area contributed by atoms with E-state index in [0.29, 0.717) is 13.1 Å². The fourth-order valence-electron chi connectivity index (χ4n) is 2.70. The van der Waals surface area contributed by atoms with Crippen LogP contribution in [-0.2, 0) is 11.2 Å². The smallest absolute Gasteiger partial charge is 0.317 e. The van der Waals surface area contributed by atoms with Gasteiger partial charge in [-0.15, -0.1) is 0 Å². The van der Waals surface area contributed by atoms with E-state index in [1.165, 1.54) is 5.56 Å². The van der Waals surface area contributed by atoms with Gasteiger partial charge in [0.1, 0.15) is 0 Å². The number of urea groups is 1. The number of amides is 2. The Labute approximate surface area is 129 Å². The van der Waals surface area contributed by atoms with Crippen LogP contribution in [0.5, 0.6) is 0 Å². The summed E-state index contributed by atoms with van der Waals surface area (Å²) in [5.41, 5.74) is 1.24. The summed E-state index contributed by atoms with van der Waals surface area (Å²) < 4.78 is 0. The van der Waals surface area contributed by atoms with Crippen LogP contribution in [0.2, 0.25) is 0 Å². The predicted octanol–water partition coefficient (Wildman–Crippen LogP) is 2.58. The molecule has 1 aromatic heterocycles. The lowest BCUT2D eigenvalue weighted by Crippen LogP contribution is -2.47. The van der Waals surface area contributed by atoms with Crippen molar-refractivity contribution in [3.8, 4) is 0 Å². The SMILES string of the molecule is CC(Cc1ccsc1)NC(=O)N1CCC(CC(=O)O)CC1. The van der Waals surface area contributed by atoms with Crippen LogP contribution in [0.25, 0.3) is 0 Å². The molecule has 2 heterocycles. The molecule has 1 aliphatic heterocycles. The lowest BCUT2D eigenvalue weighted by molar-refractivity contribution is -0.138. The number of nitrogens with one attached hydrogen (secondary N) is 1. The van der Waals surface area contributed by atoms with Gasteiger partial charge in [0.25, 0.3) is 0 Å². The Balaban J connectivity index is 1.73. The fourth-order valence-corrected chi connectivity index (χ4v) is 3.38. The van der Waals surface area contributed by atoms with E-state index in [1.54, 1.807) is 16.2 Å². The summed E-state index contributed by atoms with van der Waals surface area (Å²) in [6.07, 6.45) is 2.60. The highest BCUT2D eigenvalue weighted by molar-refractivity contribution is 7.07. The number of hydrogen-bond acceptors (Lipinski definition) is 3. The zero-order valence-corrected chi connectivity index (χ0v) is 13.1. The standard InChI is InChI=1S/C15H22N2O3S/c1-11(8-13-4-7-21-10-13)16-15(20)17-5-2-12(3-6-17)9-14(18)19/h4,7,10-12H,2-3,5-6,8-9H2,1H3,(H,16,20)(H,18,19). The summed E-state index contributed by atoms with van der Waals surface area (Å²) >= 11 is 1.66. The molecule has 2 amide bonds. The summed E-state index contributed by atoms with van der Waals surface area (Å²) in [4.78, 5) is 24.6. The van der Waals surface area contributed by atoms with Gasteiger partial charge in [-0.25, -0.2) is 4.79 Å². The Hall–Kier alpha value is -1.56. The highest BCUT2D eigenvalue weighted by atomic mass is 32.1. The number of thiophene rings is 1. The van der Waals surface area contributed by atoms with Crippen molar-refractivity contribution in [1.82, 2.24) is 10.2 Å². The highest BCUT2D eigenvalue weighted by Gasteiger charge is 2.24. The quantitative estimate of drug-likeness (QED) is 0.878. The molecule has 2 rings (SSSR count). The predicted molar refractivity (Wildman–Crippen MR) is 82.6 cm³/mol. The van der Waals surface area contributed by atoms with E-state index in [-0.39, 0.29) is 24.4 Å². The van der Waals surface area contributed by atoms with E-state index in [0.717, 1.165) is 19.3 Å². The minimum Gasteiger partial charge on any atom is -0.481 e. The van der Waals surface area contributed by atoms with E-state index >= 15 is 0 Å². The first-order chi connectivity index (χ1) is 10.0. The van der Waals surface area contributed by atoms with Gasteiger partial charge in [0.05, 0.1) is 0 Å². The van der Waals surface area contributed by atoms with Gasteiger partial charge in [-0.2, -0.15) is 11.3 Å². The molecule has 1 aromatic rings. The third-order valence-electron chi connectivity index (χ3n) is 3.86. The molecule has 1 atom stereocenters. The normalized spacial score (nSPS) is 17.5. The van der Waals surface area contributed by atoms with Gasteiger partial charge in [-0.1, -0.05) is 0 Å². The van der Waals surface area contributed by atoms with Crippen LogP contribution >= 0.6 is 11.3 Å². The van der Waals surface area contributed by atoms with E-state index in [2.05, 4.69) is 16.8 Å². The van der Waals surface area contributed by atoms with Crippen molar-refractivity contribution in [1.29, 1.82) is 0 Å². The molecule has 6 heteroatoms. The van der Waals surface area contributed by atoms with Crippen molar-refractivity contribution in [3.63, 3.8) is 0 Å². The van der Waals surface area contributed by atoms with Crippen LogP contribution in [0.4, 0.5) is 4.79 Å². The first kappa shape index (κ1) is 15.8. The molecule has 0 saturated carbocycles. The Morgan fingerprint density at radius 2 is 2.19 bits per heavy atom. The molecular formula is C15H22N2O3S. The monoisotopic (exact) mass is 310 g/mol. The number of carboxylic acids is 1. The number of piperidine rings is 1. The molecule has 0 bridgehead atoms. The van der Waals surface area contributed by atoms with Gasteiger partial charge in [0.2, 0.25) is 0 Å². The van der Waals surface area contributed by atoms with Crippen molar-refractivity contribution in [3.05, 3.63) is 22.4 Å². The van der Waals surface area contributed by atoms with Crippen molar-refractivity contribution in [2.45, 2.75) is 38.6 Å². The third-order valence-corrected chi connectivity index (χ3v) is 4.59. The van der Waals surface area contributed by atoms with Crippen molar-refractivity contribution >= 4 is 23.3 Å². The Kier molecular flexibility index (Phi) is 5.61. The Morgan fingerprint density at radius 3 is 2.76 bits per heavy atom. The molecule has 5 nitrogen and oxygen atoms in total. The zero-order valence-electron chi connectivity index (χ0n) is 12.2. The summed E-state index contributed by atoms with van der Waals surface area (Å²) in [6.45, 7) is 3.30. The molecule has 0 radical (unpaired) electrons. The summed E-state index contributed by atoms with van der Waals surface area (Å²) in [5, 5.41) is 15.9. The van der Waals surface area contributed by atoms with Crippen molar-refractivity contribution in [2.24, 2.45) is 5.92 Å². The zero-order chi connectivity index (χ0) is 15.2. The van der Waals surface area contributed by atoms with Gasteiger partial charge in [-0.3, -0.25) is 4.79 Å². The maximum atomic E-state index is 12.2. The Morgan fingerprint density at radius 1 is 1.48 bits per heavy atom. The lowest BCUT2D eigenvalue weighted by Gasteiger charge is -2.32. The molecule has 1 saturated heterocycles. The van der Waals surface area contributed by atoms with Gasteiger partial charge in [0.15, 0.2) is 0 Å². The van der Waals surface area contributed by atoms with E-state index in [1.807, 2.05) is 12.3 Å². The molecule has 21 heavy (non-hydrogen) atoms. The highest BCUT2D eigenvalue weighted by Crippen LogP contribution is 2.20. The number of carbonyl (C=O) groups is 2. The van der Waals surface area contributed by atoms with Gasteiger partial charge in [0, 0.05) is 25.6 Å². The van der Waals surface area contributed by atoms with Crippen LogP contribution in [0.15, 0.2) is 16.8 Å². The fraction of sp³-hybridized carbons (Fsp3) is 0.600. The number of rotatable bonds is 5. The second-order valence-corrected chi connectivity index (χ2v) is 6.49. The second kappa shape index (κ2) is 7.45. The van der Waals surface area contributed by atoms with Crippen LogP contribution in [0, 0.1) is 5.92 Å². The number of hydrogen-bond donors (Lipinski definition) is 2. The molecule has 1 fully saturated rings. The summed E-state index contributed by atoms with van der Waals surface area (Å²) in [5.74, 6) is -0.544. The summed E-state index contributed by atoms with van der Waals surface area (Å²) in [7, 11) is 0. The number of carbonyl (C=O) groups excluding carboxylic acids is 1. The van der Waals surface area contributed by atoms with Crippen molar-refractivity contribution < 1.29 is 14.7 Å². The van der Waals surface area contributed by atoms with Gasteiger partial charge < -0.3 is 15.3 Å². The number of nitrogens with zero attached hydrogens (tertiary/aromatic N) is 1. The molecule has 116 valence electrons. The topological polar surface area (TPSA) is 69.6 Å². The average Bonchev–Trinajstić information content (AvgIpc) is 2.91. The molecule has 0 aliphatic carbocycles. The van der Waals surface area contributed by atoms with Crippen molar-refractivity contribution in [2.75, 3.05) is 13.1 Å². The first-order valence-corrected chi connectivity index (χ1v) is 8.27. The summed E-state index contributed by atoms with van der Waals surface area (Å²) in [6, 6.07) is 2.14. The van der Waals surface area contributed by atoms with Gasteiger partial charge >= 0.3 is 12.0 Å². The molecule has 0 spiro atoms. The maximum Gasteiger partial charge on any atom is 0.317 e. The van der Waals surface area contributed by atoms with E-state index in [9.17, 15) is 9.59 Å². The van der Waals surface area contributed by atoms with Crippen LogP contribution in [0.3, 0.4) is 0 Å². The number of aliphatic carboxylic acids is 1. The molecule has 1 unspecified atom stereocenters. The van der Waals surface area contributed by atoms with Crippen LogP contribution in [-0.4, -0.2) is 41.1 Å². The van der Waals surface area contributed by atoms with Gasteiger partial charge in [-0.05, 0) is 54.5 Å². The largest absolute Gasteiger partial charge is 0.481 e. The minimum atomic E-state index is -0.748. The van der Waals surface area contributed by atoms with Crippen LogP contribution in [0.1, 0.15) is 31.7 Å². The van der Waals surface area contributed by atoms with E-state index in [4.69, 9.17) is 5.11 Å². The van der Waals surface area contributed by atoms with Crippen LogP contribution < -0.4 is 5.32 Å². The molecule has 2 N–H and O–H groups in total. The van der Waals surface area contributed by atoms with E-state index < -0.39 is 5.97 Å².